The lowest BCUT2D eigenvalue weighted by atomic mass is 9.74. The number of fused-ring (bicyclic) bond motifs is 1. The zero-order chi connectivity index (χ0) is 19.2. The van der Waals surface area contributed by atoms with Crippen LogP contribution in [0.5, 0.6) is 0 Å². The number of ether oxygens (including phenoxy) is 1. The number of nitrogens with zero attached hydrogens (tertiary/aromatic N) is 1. The number of amidine groups is 1. The first-order chi connectivity index (χ1) is 12.9. The second-order valence-electron chi connectivity index (χ2n) is 7.05. The number of halogens is 3. The molecule has 2 aromatic rings. The van der Waals surface area contributed by atoms with Crippen molar-refractivity contribution in [3.05, 3.63) is 70.5 Å². The smallest absolute Gasteiger partial charge is 0.154 e. The number of rotatable bonds is 2. The molecule has 0 radical (unpaired) electrons. The van der Waals surface area contributed by atoms with Crippen LogP contribution >= 0.6 is 11.8 Å². The monoisotopic (exact) mass is 392 g/mol. The third-order valence-corrected chi connectivity index (χ3v) is 6.33. The molecule has 142 valence electrons. The topological polar surface area (TPSA) is 47.6 Å². The maximum Gasteiger partial charge on any atom is 0.154 e. The lowest BCUT2D eigenvalue weighted by Gasteiger charge is -2.46. The summed E-state index contributed by atoms with van der Waals surface area (Å²) in [5.41, 5.74) is 6.71. The molecule has 2 heterocycles. The third kappa shape index (κ3) is 3.23. The molecule has 0 aromatic heterocycles. The highest BCUT2D eigenvalue weighted by Gasteiger charge is 2.49. The second-order valence-corrected chi connectivity index (χ2v) is 8.09. The molecule has 0 unspecified atom stereocenters. The predicted octanol–water partition coefficient (Wildman–Crippen LogP) is 4.45. The number of hydrogen-bond donors (Lipinski definition) is 1. The molecule has 0 saturated carbocycles. The van der Waals surface area contributed by atoms with Gasteiger partial charge in [0.05, 0.1) is 12.7 Å². The Balaban J connectivity index is 1.71. The van der Waals surface area contributed by atoms with Crippen LogP contribution in [0.15, 0.2) is 41.4 Å². The Labute approximate surface area is 159 Å². The largest absolute Gasteiger partial charge is 0.379 e. The molecule has 7 heteroatoms. The van der Waals surface area contributed by atoms with E-state index < -0.39 is 17.2 Å². The van der Waals surface area contributed by atoms with E-state index in [2.05, 4.69) is 4.99 Å². The van der Waals surface area contributed by atoms with Gasteiger partial charge in [0.2, 0.25) is 0 Å². The number of aryl methyl sites for hydroxylation is 1. The van der Waals surface area contributed by atoms with E-state index in [1.165, 1.54) is 30.0 Å². The summed E-state index contributed by atoms with van der Waals surface area (Å²) in [7, 11) is 0. The van der Waals surface area contributed by atoms with Crippen molar-refractivity contribution in [3.63, 3.8) is 0 Å². The van der Waals surface area contributed by atoms with E-state index >= 15 is 0 Å². The lowest BCUT2D eigenvalue weighted by molar-refractivity contribution is -0.0588. The molecule has 1 saturated heterocycles. The Morgan fingerprint density at radius 1 is 1.15 bits per heavy atom. The van der Waals surface area contributed by atoms with Crippen LogP contribution in [0.3, 0.4) is 0 Å². The highest BCUT2D eigenvalue weighted by Crippen LogP contribution is 2.49. The van der Waals surface area contributed by atoms with Gasteiger partial charge in [0, 0.05) is 23.3 Å². The van der Waals surface area contributed by atoms with E-state index in [9.17, 15) is 13.2 Å². The first kappa shape index (κ1) is 18.4. The van der Waals surface area contributed by atoms with Crippen LogP contribution in [0.25, 0.3) is 0 Å². The van der Waals surface area contributed by atoms with Crippen LogP contribution in [-0.4, -0.2) is 17.5 Å². The van der Waals surface area contributed by atoms with Gasteiger partial charge in [0.1, 0.15) is 23.0 Å². The molecule has 2 aliphatic heterocycles. The van der Waals surface area contributed by atoms with Crippen molar-refractivity contribution in [2.24, 2.45) is 16.6 Å². The minimum atomic E-state index is -0.974. The van der Waals surface area contributed by atoms with E-state index in [-0.39, 0.29) is 24.4 Å². The van der Waals surface area contributed by atoms with Crippen molar-refractivity contribution in [2.75, 3.05) is 12.4 Å². The summed E-state index contributed by atoms with van der Waals surface area (Å²) in [6.07, 6.45) is 0.354. The fourth-order valence-corrected chi connectivity index (χ4v) is 4.92. The molecule has 3 atom stereocenters. The van der Waals surface area contributed by atoms with E-state index in [1.807, 2.05) is 0 Å². The fourth-order valence-electron chi connectivity index (χ4n) is 3.91. The summed E-state index contributed by atoms with van der Waals surface area (Å²) >= 11 is 1.42. The molecule has 0 spiro atoms. The van der Waals surface area contributed by atoms with Gasteiger partial charge in [0.25, 0.3) is 0 Å². The summed E-state index contributed by atoms with van der Waals surface area (Å²) in [6.45, 7) is 1.84. The van der Waals surface area contributed by atoms with Gasteiger partial charge in [0.15, 0.2) is 5.17 Å². The number of hydrogen-bond acceptors (Lipinski definition) is 4. The number of aliphatic imine (C=N–C) groups is 1. The number of benzene rings is 2. The second kappa shape index (κ2) is 6.87. The van der Waals surface area contributed by atoms with Crippen LogP contribution in [0, 0.1) is 30.3 Å². The summed E-state index contributed by atoms with van der Waals surface area (Å²) in [4.78, 5) is 4.57. The molecule has 27 heavy (non-hydrogen) atoms. The molecule has 4 rings (SSSR count). The molecular weight excluding hydrogens is 373 g/mol. The van der Waals surface area contributed by atoms with Crippen LogP contribution in [0.1, 0.15) is 29.2 Å². The molecule has 2 aliphatic rings. The minimum Gasteiger partial charge on any atom is -0.379 e. The van der Waals surface area contributed by atoms with Gasteiger partial charge < -0.3 is 10.5 Å². The zero-order valence-corrected chi connectivity index (χ0v) is 15.5. The van der Waals surface area contributed by atoms with Crippen molar-refractivity contribution in [1.82, 2.24) is 0 Å². The van der Waals surface area contributed by atoms with Gasteiger partial charge in [-0.25, -0.2) is 18.2 Å². The van der Waals surface area contributed by atoms with E-state index in [0.717, 1.165) is 11.6 Å². The van der Waals surface area contributed by atoms with Crippen molar-refractivity contribution >= 4 is 16.9 Å². The standard InChI is InChI=1S/C20H19F3N2OS/c1-11-6-12(2-5-16(11)22)18-7-13-9-27-19(24)25-20(13,10-26-18)15-4-3-14(21)8-17(15)23/h2-6,8,13,18H,7,9-10H2,1H3,(H2,24,25)/t13-,18+,20-/m0/s1. The highest BCUT2D eigenvalue weighted by molar-refractivity contribution is 8.13. The zero-order valence-electron chi connectivity index (χ0n) is 14.7. The Hall–Kier alpha value is -1.99. The Kier molecular flexibility index (Phi) is 4.68. The molecule has 3 nitrogen and oxygen atoms in total. The normalized spacial score (nSPS) is 27.8. The van der Waals surface area contributed by atoms with Gasteiger partial charge >= 0.3 is 0 Å². The van der Waals surface area contributed by atoms with Crippen LogP contribution in [0.2, 0.25) is 0 Å². The highest BCUT2D eigenvalue weighted by atomic mass is 32.2. The van der Waals surface area contributed by atoms with Gasteiger partial charge in [-0.2, -0.15) is 0 Å². The summed E-state index contributed by atoms with van der Waals surface area (Å²) in [5.74, 6) is -0.931. The Morgan fingerprint density at radius 3 is 2.70 bits per heavy atom. The summed E-state index contributed by atoms with van der Waals surface area (Å²) in [5, 5.41) is 0.370. The minimum absolute atomic E-state index is 0.0427. The molecule has 2 aromatic carbocycles. The van der Waals surface area contributed by atoms with Gasteiger partial charge in [-0.1, -0.05) is 30.0 Å². The molecular formula is C20H19F3N2OS. The third-order valence-electron chi connectivity index (χ3n) is 5.37. The van der Waals surface area contributed by atoms with Crippen LogP contribution in [0.4, 0.5) is 13.2 Å². The average Bonchev–Trinajstić information content (AvgIpc) is 2.63. The molecule has 0 aliphatic carbocycles. The molecule has 2 N–H and O–H groups in total. The fraction of sp³-hybridized carbons (Fsp3) is 0.350. The van der Waals surface area contributed by atoms with Crippen LogP contribution in [-0.2, 0) is 10.3 Å². The van der Waals surface area contributed by atoms with E-state index in [1.54, 1.807) is 19.1 Å². The predicted molar refractivity (Wildman–Crippen MR) is 100 cm³/mol. The lowest BCUT2D eigenvalue weighted by Crippen LogP contribution is -2.48. The Morgan fingerprint density at radius 2 is 1.96 bits per heavy atom. The molecule has 0 bridgehead atoms. The average molecular weight is 392 g/mol. The summed E-state index contributed by atoms with van der Waals surface area (Å²) < 4.78 is 47.6. The molecule has 1 fully saturated rings. The van der Waals surface area contributed by atoms with E-state index in [4.69, 9.17) is 10.5 Å². The first-order valence-electron chi connectivity index (χ1n) is 8.70. The Bertz CT molecular complexity index is 920. The SMILES string of the molecule is Cc1cc([C@H]2C[C@H]3CSC(N)=N[C@@]3(c3ccc(F)cc3F)CO2)ccc1F. The van der Waals surface area contributed by atoms with Crippen LogP contribution < -0.4 is 5.73 Å². The number of nitrogens with two attached hydrogens (primary N) is 1. The quantitative estimate of drug-likeness (QED) is 0.822. The maximum absolute atomic E-state index is 14.6. The van der Waals surface area contributed by atoms with Gasteiger partial charge in [-0.15, -0.1) is 0 Å². The van der Waals surface area contributed by atoms with Gasteiger partial charge in [-0.05, 0) is 36.6 Å². The van der Waals surface area contributed by atoms with Crippen molar-refractivity contribution < 1.29 is 17.9 Å². The van der Waals surface area contributed by atoms with Crippen molar-refractivity contribution in [3.8, 4) is 0 Å². The maximum atomic E-state index is 14.6. The summed E-state index contributed by atoms with van der Waals surface area (Å²) in [6, 6.07) is 8.44. The van der Waals surface area contributed by atoms with Crippen molar-refractivity contribution in [2.45, 2.75) is 25.0 Å². The van der Waals surface area contributed by atoms with Gasteiger partial charge in [-0.3, -0.25) is 0 Å². The molecule has 0 amide bonds. The van der Waals surface area contributed by atoms with E-state index in [0.29, 0.717) is 28.5 Å². The number of thioether (sulfide) groups is 1. The first-order valence-corrected chi connectivity index (χ1v) is 9.69. The van der Waals surface area contributed by atoms with Crippen molar-refractivity contribution in [1.29, 1.82) is 0 Å².